The van der Waals surface area contributed by atoms with Gasteiger partial charge in [0, 0.05) is 12.8 Å². The number of hydrogen-bond donors (Lipinski definition) is 6. The van der Waals surface area contributed by atoms with Gasteiger partial charge in [-0.2, -0.15) is 0 Å². The molecule has 364 valence electrons. The summed E-state index contributed by atoms with van der Waals surface area (Å²) in [5, 5.41) is 50.2. The maximum absolute atomic E-state index is 12.8. The lowest BCUT2D eigenvalue weighted by molar-refractivity contribution is -0.220. The molecule has 0 heterocycles. The van der Waals surface area contributed by atoms with Crippen molar-refractivity contribution in [2.45, 2.75) is 224 Å². The second-order valence-electron chi connectivity index (χ2n) is 16.6. The second kappa shape index (κ2) is 38.8. The maximum Gasteiger partial charge on any atom is 0.472 e. The van der Waals surface area contributed by atoms with Crippen molar-refractivity contribution < 1.29 is 63.1 Å². The van der Waals surface area contributed by atoms with Crippen LogP contribution in [0, 0.1) is 0 Å². The third kappa shape index (κ3) is 31.2. The Morgan fingerprint density at radius 1 is 0.492 bits per heavy atom. The smallest absolute Gasteiger partial charge is 0.462 e. The molecule has 63 heavy (non-hydrogen) atoms. The van der Waals surface area contributed by atoms with E-state index in [2.05, 4.69) is 74.6 Å². The fourth-order valence-electron chi connectivity index (χ4n) is 6.91. The van der Waals surface area contributed by atoms with Gasteiger partial charge in [0.1, 0.15) is 43.2 Å². The van der Waals surface area contributed by atoms with Crippen LogP contribution in [-0.4, -0.2) is 98.3 Å². The first-order chi connectivity index (χ1) is 30.4. The minimum atomic E-state index is -5.13. The summed E-state index contributed by atoms with van der Waals surface area (Å²) < 4.78 is 33.5. The largest absolute Gasteiger partial charge is 0.472 e. The molecule has 1 fully saturated rings. The Kier molecular flexibility index (Phi) is 36.1. The molecule has 1 saturated carbocycles. The van der Waals surface area contributed by atoms with Crippen LogP contribution in [0.2, 0.25) is 0 Å². The molecule has 13 nitrogen and oxygen atoms in total. The van der Waals surface area contributed by atoms with Gasteiger partial charge in [-0.1, -0.05) is 145 Å². The molecule has 14 heteroatoms. The van der Waals surface area contributed by atoms with Crippen molar-refractivity contribution in [3.05, 3.63) is 60.8 Å². The Balaban J connectivity index is 2.47. The molecule has 0 aromatic heterocycles. The highest BCUT2D eigenvalue weighted by atomic mass is 31.2. The first-order valence-electron chi connectivity index (χ1n) is 24.1. The lowest BCUT2D eigenvalue weighted by Crippen LogP contribution is -2.64. The SMILES string of the molecule is CCCCC/C=C\C/C=C\C/C=C\CCCCCCC(=O)OC[C@H](COP(=O)(O)OC1C(O)C(O)C(O)[C@@H](O)C1O)OC(=O)CCCCCCCCC/C=C\C/C=C\CCCCC. The molecule has 0 radical (unpaired) electrons. The van der Waals surface area contributed by atoms with E-state index in [0.29, 0.717) is 12.8 Å². The number of phosphoric acid groups is 1. The predicted molar refractivity (Wildman–Crippen MR) is 249 cm³/mol. The summed E-state index contributed by atoms with van der Waals surface area (Å²) in [7, 11) is -5.13. The van der Waals surface area contributed by atoms with Crippen molar-refractivity contribution in [3.63, 3.8) is 0 Å². The van der Waals surface area contributed by atoms with Crippen LogP contribution in [0.4, 0.5) is 0 Å². The van der Waals surface area contributed by atoms with Gasteiger partial charge in [0.15, 0.2) is 6.10 Å². The highest BCUT2D eigenvalue weighted by Gasteiger charge is 2.51. The van der Waals surface area contributed by atoms with Crippen molar-refractivity contribution in [1.29, 1.82) is 0 Å². The van der Waals surface area contributed by atoms with Gasteiger partial charge in [0.05, 0.1) is 6.61 Å². The zero-order valence-corrected chi connectivity index (χ0v) is 39.5. The number of unbranched alkanes of at least 4 members (excludes halogenated alkanes) is 17. The lowest BCUT2D eigenvalue weighted by Gasteiger charge is -2.41. The number of carbonyl (C=O) groups is 2. The number of esters is 2. The molecule has 0 spiro atoms. The number of aliphatic hydroxyl groups is 5. The van der Waals surface area contributed by atoms with Gasteiger partial charge in [-0.3, -0.25) is 18.6 Å². The van der Waals surface area contributed by atoms with E-state index >= 15 is 0 Å². The third-order valence-corrected chi connectivity index (χ3v) is 11.8. The van der Waals surface area contributed by atoms with Crippen molar-refractivity contribution in [2.24, 2.45) is 0 Å². The van der Waals surface area contributed by atoms with E-state index in [1.54, 1.807) is 0 Å². The molecule has 0 aliphatic heterocycles. The number of allylic oxidation sites excluding steroid dienone is 10. The van der Waals surface area contributed by atoms with Crippen LogP contribution in [0.1, 0.15) is 181 Å². The van der Waals surface area contributed by atoms with Gasteiger partial charge >= 0.3 is 19.8 Å². The molecule has 1 aliphatic rings. The van der Waals surface area contributed by atoms with Crippen LogP contribution < -0.4 is 0 Å². The van der Waals surface area contributed by atoms with E-state index in [4.69, 9.17) is 18.5 Å². The van der Waals surface area contributed by atoms with Crippen LogP contribution in [0.25, 0.3) is 0 Å². The minimum Gasteiger partial charge on any atom is -0.462 e. The Morgan fingerprint density at radius 2 is 0.857 bits per heavy atom. The Morgan fingerprint density at radius 3 is 1.30 bits per heavy atom. The van der Waals surface area contributed by atoms with E-state index in [0.717, 1.165) is 103 Å². The minimum absolute atomic E-state index is 0.0802. The molecule has 6 unspecified atom stereocenters. The number of phosphoric ester groups is 1. The number of carbonyl (C=O) groups excluding carboxylic acids is 2. The van der Waals surface area contributed by atoms with Gasteiger partial charge in [-0.15, -0.1) is 0 Å². The third-order valence-electron chi connectivity index (χ3n) is 10.8. The average Bonchev–Trinajstić information content (AvgIpc) is 3.26. The summed E-state index contributed by atoms with van der Waals surface area (Å²) in [6.07, 6.45) is 34.0. The molecule has 0 aromatic carbocycles. The molecule has 8 atom stereocenters. The van der Waals surface area contributed by atoms with E-state index in [1.807, 2.05) is 0 Å². The number of hydrogen-bond acceptors (Lipinski definition) is 12. The monoisotopic (exact) mass is 913 g/mol. The van der Waals surface area contributed by atoms with Gasteiger partial charge in [0.25, 0.3) is 0 Å². The molecule has 1 aliphatic carbocycles. The van der Waals surface area contributed by atoms with Crippen LogP contribution in [0.5, 0.6) is 0 Å². The first-order valence-corrected chi connectivity index (χ1v) is 25.6. The van der Waals surface area contributed by atoms with Crippen LogP contribution in [-0.2, 0) is 32.7 Å². The Labute approximate surface area is 379 Å². The Bertz CT molecular complexity index is 1330. The molecule has 0 saturated heterocycles. The highest BCUT2D eigenvalue weighted by molar-refractivity contribution is 7.47. The quantitative estimate of drug-likeness (QED) is 0.0147. The summed E-state index contributed by atoms with van der Waals surface area (Å²) >= 11 is 0. The van der Waals surface area contributed by atoms with Gasteiger partial charge in [-0.25, -0.2) is 4.57 Å². The maximum atomic E-state index is 12.8. The zero-order chi connectivity index (χ0) is 46.4. The topological polar surface area (TPSA) is 210 Å². The molecular formula is C49H85O13P. The zero-order valence-electron chi connectivity index (χ0n) is 38.6. The first kappa shape index (κ1) is 58.6. The van der Waals surface area contributed by atoms with E-state index < -0.39 is 75.7 Å². The van der Waals surface area contributed by atoms with Gasteiger partial charge in [-0.05, 0) is 83.5 Å². The van der Waals surface area contributed by atoms with E-state index in [9.17, 15) is 44.6 Å². The average molecular weight is 913 g/mol. The number of ether oxygens (including phenoxy) is 2. The van der Waals surface area contributed by atoms with E-state index in [-0.39, 0.29) is 12.8 Å². The summed E-state index contributed by atoms with van der Waals surface area (Å²) in [5.41, 5.74) is 0. The summed E-state index contributed by atoms with van der Waals surface area (Å²) in [6, 6.07) is 0. The van der Waals surface area contributed by atoms with Crippen molar-refractivity contribution >= 4 is 19.8 Å². The summed E-state index contributed by atoms with van der Waals surface area (Å²) in [4.78, 5) is 35.7. The fourth-order valence-corrected chi connectivity index (χ4v) is 7.88. The summed E-state index contributed by atoms with van der Waals surface area (Å²) in [5.74, 6) is -1.14. The lowest BCUT2D eigenvalue weighted by atomic mass is 9.85. The van der Waals surface area contributed by atoms with Crippen molar-refractivity contribution in [1.82, 2.24) is 0 Å². The molecule has 6 N–H and O–H groups in total. The summed E-state index contributed by atoms with van der Waals surface area (Å²) in [6.45, 7) is 3.22. The second-order valence-corrected chi connectivity index (χ2v) is 18.0. The van der Waals surface area contributed by atoms with Crippen LogP contribution >= 0.6 is 7.82 Å². The van der Waals surface area contributed by atoms with E-state index in [1.165, 1.54) is 38.5 Å². The fraction of sp³-hybridized carbons (Fsp3) is 0.755. The van der Waals surface area contributed by atoms with Crippen LogP contribution in [0.3, 0.4) is 0 Å². The molecule has 1 rings (SSSR count). The Hall–Kier alpha value is -2.45. The van der Waals surface area contributed by atoms with Gasteiger partial charge < -0.3 is 39.9 Å². The molecule has 0 amide bonds. The number of aliphatic hydroxyl groups excluding tert-OH is 5. The van der Waals surface area contributed by atoms with Crippen LogP contribution in [0.15, 0.2) is 60.8 Å². The molecule has 0 aromatic rings. The molecule has 0 bridgehead atoms. The number of rotatable bonds is 39. The predicted octanol–water partition coefficient (Wildman–Crippen LogP) is 9.73. The highest BCUT2D eigenvalue weighted by Crippen LogP contribution is 2.47. The molecular weight excluding hydrogens is 827 g/mol. The van der Waals surface area contributed by atoms with Crippen molar-refractivity contribution in [3.8, 4) is 0 Å². The normalized spacial score (nSPS) is 22.2. The van der Waals surface area contributed by atoms with Crippen molar-refractivity contribution in [2.75, 3.05) is 13.2 Å². The van der Waals surface area contributed by atoms with Gasteiger partial charge in [0.2, 0.25) is 0 Å². The standard InChI is InChI=1S/C49H85O13P/c1-3-5-7-9-11-13-15-17-19-21-23-25-27-29-31-33-35-37-42(50)59-39-41(40-60-63(57,58)62-49-47(55)45(53)44(52)46(54)48(49)56)61-43(51)38-36-34-32-30-28-26-24-22-20-18-16-14-12-10-8-6-4-2/h11-14,17-20,23,25,41,44-49,52-56H,3-10,15-16,21-22,24,26-40H2,1-2H3,(H,57,58)/b13-11-,14-12-,19-17-,20-18-,25-23-/t41-,44?,45-,46?,47?,48?,49?/m1/s1.